The fourth-order valence-corrected chi connectivity index (χ4v) is 5.38. The molecule has 2 fully saturated rings. The summed E-state index contributed by atoms with van der Waals surface area (Å²) in [6.45, 7) is 1.86. The highest BCUT2D eigenvalue weighted by molar-refractivity contribution is 8.00. The van der Waals surface area contributed by atoms with E-state index in [0.717, 1.165) is 18.7 Å². The third-order valence-electron chi connectivity index (χ3n) is 4.30. The quantitative estimate of drug-likeness (QED) is 0.747. The van der Waals surface area contributed by atoms with Gasteiger partial charge in [0, 0.05) is 19.5 Å². The van der Waals surface area contributed by atoms with Crippen molar-refractivity contribution in [1.82, 2.24) is 20.1 Å². The lowest BCUT2D eigenvalue weighted by Gasteiger charge is -2.11. The molecule has 1 saturated heterocycles. The lowest BCUT2D eigenvalue weighted by Crippen LogP contribution is -2.32. The summed E-state index contributed by atoms with van der Waals surface area (Å²) in [5.41, 5.74) is 0. The van der Waals surface area contributed by atoms with Crippen LogP contribution in [0.4, 0.5) is 0 Å². The highest BCUT2D eigenvalue weighted by Crippen LogP contribution is 2.26. The Morgan fingerprint density at radius 2 is 2.13 bits per heavy atom. The van der Waals surface area contributed by atoms with Crippen molar-refractivity contribution in [2.45, 2.75) is 49.1 Å². The van der Waals surface area contributed by atoms with Gasteiger partial charge in [0.2, 0.25) is 5.91 Å². The Bertz CT molecular complexity index is 697. The first kappa shape index (κ1) is 16.8. The van der Waals surface area contributed by atoms with Crippen LogP contribution >= 0.6 is 11.8 Å². The number of sulfone groups is 1. The van der Waals surface area contributed by atoms with Gasteiger partial charge < -0.3 is 9.88 Å². The lowest BCUT2D eigenvalue weighted by molar-refractivity contribution is -0.120. The molecule has 0 spiro atoms. The van der Waals surface area contributed by atoms with Crippen LogP contribution in [0, 0.1) is 5.92 Å². The van der Waals surface area contributed by atoms with Crippen molar-refractivity contribution in [2.75, 3.05) is 11.5 Å². The van der Waals surface area contributed by atoms with Gasteiger partial charge in [-0.25, -0.2) is 8.42 Å². The van der Waals surface area contributed by atoms with Gasteiger partial charge in [-0.2, -0.15) is 0 Å². The number of carbonyl (C=O) groups excluding carboxylic acids is 1. The zero-order valence-corrected chi connectivity index (χ0v) is 15.0. The molecule has 1 aromatic rings. The summed E-state index contributed by atoms with van der Waals surface area (Å²) in [5, 5.41) is 11.8. The molecule has 1 aromatic heterocycles. The van der Waals surface area contributed by atoms with Gasteiger partial charge in [-0.1, -0.05) is 11.8 Å². The van der Waals surface area contributed by atoms with Gasteiger partial charge in [-0.3, -0.25) is 4.79 Å². The molecule has 7 nitrogen and oxygen atoms in total. The summed E-state index contributed by atoms with van der Waals surface area (Å²) >= 11 is 1.39. The number of amides is 1. The number of nitrogens with zero attached hydrogens (tertiary/aromatic N) is 3. The van der Waals surface area contributed by atoms with Crippen molar-refractivity contribution in [3.05, 3.63) is 5.82 Å². The van der Waals surface area contributed by atoms with Crippen molar-refractivity contribution in [1.29, 1.82) is 0 Å². The average molecular weight is 358 g/mol. The molecule has 3 rings (SSSR count). The number of nitrogens with one attached hydrogen (secondary N) is 1. The van der Waals surface area contributed by atoms with Crippen molar-refractivity contribution in [3.8, 4) is 0 Å². The van der Waals surface area contributed by atoms with Gasteiger partial charge in [-0.05, 0) is 32.1 Å². The molecule has 0 aromatic carbocycles. The van der Waals surface area contributed by atoms with Gasteiger partial charge in [-0.15, -0.1) is 10.2 Å². The average Bonchev–Trinajstić information content (AvgIpc) is 3.15. The van der Waals surface area contributed by atoms with Crippen LogP contribution in [0.3, 0.4) is 0 Å². The highest BCUT2D eigenvalue weighted by Gasteiger charge is 2.30. The van der Waals surface area contributed by atoms with E-state index in [1.54, 1.807) is 0 Å². The van der Waals surface area contributed by atoms with E-state index in [0.29, 0.717) is 24.0 Å². The lowest BCUT2D eigenvalue weighted by atomic mass is 10.1. The molecule has 9 heteroatoms. The molecule has 1 N–H and O–H groups in total. The van der Waals surface area contributed by atoms with Crippen LogP contribution in [-0.2, 0) is 28.1 Å². The minimum atomic E-state index is -2.87. The van der Waals surface area contributed by atoms with E-state index < -0.39 is 9.84 Å². The molecular formula is C14H22N4O3S2. The minimum absolute atomic E-state index is 0.0314. The van der Waals surface area contributed by atoms with E-state index in [9.17, 15) is 13.2 Å². The smallest absolute Gasteiger partial charge is 0.233 e. The Kier molecular flexibility index (Phi) is 4.68. The third kappa shape index (κ3) is 4.26. The number of aromatic nitrogens is 3. The maximum absolute atomic E-state index is 12.0. The van der Waals surface area contributed by atoms with Crippen molar-refractivity contribution in [2.24, 2.45) is 13.0 Å². The van der Waals surface area contributed by atoms with Gasteiger partial charge in [0.25, 0.3) is 0 Å². The molecule has 128 valence electrons. The molecule has 0 bridgehead atoms. The van der Waals surface area contributed by atoms with Crippen LogP contribution in [-0.4, -0.2) is 51.9 Å². The van der Waals surface area contributed by atoms with Crippen LogP contribution in [0.25, 0.3) is 0 Å². The topological polar surface area (TPSA) is 93.9 Å². The molecule has 1 amide bonds. The maximum Gasteiger partial charge on any atom is 0.233 e. The fraction of sp³-hybridized carbons (Fsp3) is 0.786. The van der Waals surface area contributed by atoms with E-state index in [-0.39, 0.29) is 28.6 Å². The van der Waals surface area contributed by atoms with E-state index >= 15 is 0 Å². The van der Waals surface area contributed by atoms with Gasteiger partial charge in [0.1, 0.15) is 5.82 Å². The number of rotatable bonds is 6. The Morgan fingerprint density at radius 1 is 1.39 bits per heavy atom. The predicted octanol–water partition coefficient (Wildman–Crippen LogP) is 0.551. The first-order valence-corrected chi connectivity index (χ1v) is 10.6. The predicted molar refractivity (Wildman–Crippen MR) is 88.0 cm³/mol. The molecule has 2 atom stereocenters. The maximum atomic E-state index is 12.0. The molecule has 0 radical (unpaired) electrons. The van der Waals surface area contributed by atoms with Gasteiger partial charge in [0.15, 0.2) is 15.0 Å². The van der Waals surface area contributed by atoms with Crippen LogP contribution in [0.2, 0.25) is 0 Å². The summed E-state index contributed by atoms with van der Waals surface area (Å²) in [4.78, 5) is 12.0. The van der Waals surface area contributed by atoms with E-state index in [4.69, 9.17) is 0 Å². The summed E-state index contributed by atoms with van der Waals surface area (Å²) in [6, 6.07) is 0.352. The highest BCUT2D eigenvalue weighted by atomic mass is 32.2. The zero-order chi connectivity index (χ0) is 16.6. The van der Waals surface area contributed by atoms with Crippen LogP contribution in [0.5, 0.6) is 0 Å². The summed E-state index contributed by atoms with van der Waals surface area (Å²) < 4.78 is 25.0. The molecular weight excluding hydrogens is 336 g/mol. The van der Waals surface area contributed by atoms with E-state index in [2.05, 4.69) is 15.5 Å². The Morgan fingerprint density at radius 3 is 2.74 bits per heavy atom. The second kappa shape index (κ2) is 6.43. The third-order valence-corrected chi connectivity index (χ3v) is 7.27. The summed E-state index contributed by atoms with van der Waals surface area (Å²) in [5.74, 6) is 1.45. The van der Waals surface area contributed by atoms with Crippen LogP contribution in [0.15, 0.2) is 5.16 Å². The molecule has 1 aliphatic carbocycles. The Balaban J connectivity index is 1.59. The van der Waals surface area contributed by atoms with Crippen molar-refractivity contribution >= 4 is 27.5 Å². The number of thioether (sulfide) groups is 1. The second-order valence-electron chi connectivity index (χ2n) is 6.47. The van der Waals surface area contributed by atoms with E-state index in [1.807, 2.05) is 18.5 Å². The first-order chi connectivity index (χ1) is 10.8. The minimum Gasteiger partial charge on any atom is -0.352 e. The first-order valence-electron chi connectivity index (χ1n) is 7.90. The molecule has 2 heterocycles. The van der Waals surface area contributed by atoms with Gasteiger partial charge in [0.05, 0.1) is 16.8 Å². The van der Waals surface area contributed by atoms with Gasteiger partial charge >= 0.3 is 0 Å². The SMILES string of the molecule is C[C@H](Sc1nnc(C[C@H]2CCS(=O)(=O)C2)n1C)C(=O)NC1CC1. The zero-order valence-electron chi connectivity index (χ0n) is 13.4. The molecule has 1 saturated carbocycles. The summed E-state index contributed by atoms with van der Waals surface area (Å²) in [7, 11) is -1.01. The molecule has 0 unspecified atom stereocenters. The molecule has 2 aliphatic rings. The largest absolute Gasteiger partial charge is 0.352 e. The van der Waals surface area contributed by atoms with Crippen LogP contribution < -0.4 is 5.32 Å². The second-order valence-corrected chi connectivity index (χ2v) is 10.0. The number of carbonyl (C=O) groups is 1. The standard InChI is InChI=1S/C14H22N4O3S2/c1-9(13(19)15-11-3-4-11)22-14-17-16-12(18(14)2)7-10-5-6-23(20,21)8-10/h9-11H,3-8H2,1-2H3,(H,15,19)/t9-,10+/m0/s1. The van der Waals surface area contributed by atoms with E-state index in [1.165, 1.54) is 11.8 Å². The monoisotopic (exact) mass is 358 g/mol. The number of hydrogen-bond acceptors (Lipinski definition) is 6. The normalized spacial score (nSPS) is 24.5. The Labute approximate surface area is 140 Å². The summed E-state index contributed by atoms with van der Waals surface area (Å²) in [6.07, 6.45) is 3.45. The molecule has 23 heavy (non-hydrogen) atoms. The molecule has 1 aliphatic heterocycles. The Hall–Kier alpha value is -1.09. The van der Waals surface area contributed by atoms with Crippen molar-refractivity contribution in [3.63, 3.8) is 0 Å². The fourth-order valence-electron chi connectivity index (χ4n) is 2.67. The number of hydrogen-bond donors (Lipinski definition) is 1. The van der Waals surface area contributed by atoms with Crippen LogP contribution in [0.1, 0.15) is 32.0 Å². The van der Waals surface area contributed by atoms with Crippen molar-refractivity contribution < 1.29 is 13.2 Å².